The summed E-state index contributed by atoms with van der Waals surface area (Å²) >= 11 is 0. The van der Waals surface area contributed by atoms with E-state index in [1.165, 1.54) is 19.3 Å². The first-order valence-electron chi connectivity index (χ1n) is 9.69. The third-order valence-corrected chi connectivity index (χ3v) is 5.22. The molecule has 0 amide bonds. The molecule has 0 unspecified atom stereocenters. The summed E-state index contributed by atoms with van der Waals surface area (Å²) in [5.74, 6) is 1.72. The predicted octanol–water partition coefficient (Wildman–Crippen LogP) is 2.53. The van der Waals surface area contributed by atoms with Crippen LogP contribution in [0, 0.1) is 5.41 Å². The predicted molar refractivity (Wildman–Crippen MR) is 107 cm³/mol. The van der Waals surface area contributed by atoms with Crippen LogP contribution in [0.2, 0.25) is 0 Å². The van der Waals surface area contributed by atoms with E-state index in [0.29, 0.717) is 12.0 Å². The number of imidazole rings is 1. The molecule has 7 nitrogen and oxygen atoms in total. The molecule has 1 aliphatic rings. The van der Waals surface area contributed by atoms with Crippen LogP contribution < -0.4 is 10.6 Å². The van der Waals surface area contributed by atoms with Crippen LogP contribution in [0.3, 0.4) is 0 Å². The average molecular weight is 371 g/mol. The van der Waals surface area contributed by atoms with Crippen molar-refractivity contribution in [1.82, 2.24) is 25.2 Å². The fourth-order valence-electron chi connectivity index (χ4n) is 3.35. The zero-order valence-corrected chi connectivity index (χ0v) is 16.3. The lowest BCUT2D eigenvalue weighted by molar-refractivity contribution is 0.0732. The number of pyridine rings is 1. The highest BCUT2D eigenvalue weighted by molar-refractivity contribution is 5.79. The number of hydrogen-bond acceptors (Lipinski definition) is 4. The molecule has 2 aromatic heterocycles. The summed E-state index contributed by atoms with van der Waals surface area (Å²) in [6.45, 7) is 5.29. The van der Waals surface area contributed by atoms with Gasteiger partial charge in [0.1, 0.15) is 12.1 Å². The monoisotopic (exact) mass is 370 g/mol. The lowest BCUT2D eigenvalue weighted by atomic mass is 9.67. The zero-order chi connectivity index (χ0) is 19.0. The maximum absolute atomic E-state index is 5.28. The summed E-state index contributed by atoms with van der Waals surface area (Å²) in [5.41, 5.74) is 1.44. The van der Waals surface area contributed by atoms with Crippen LogP contribution in [0.15, 0.2) is 42.0 Å². The van der Waals surface area contributed by atoms with E-state index in [0.717, 1.165) is 43.5 Å². The first-order chi connectivity index (χ1) is 13.2. The van der Waals surface area contributed by atoms with Crippen molar-refractivity contribution in [3.05, 3.63) is 42.6 Å². The third-order valence-electron chi connectivity index (χ3n) is 5.22. The molecule has 0 atom stereocenters. The Bertz CT molecular complexity index is 707. The van der Waals surface area contributed by atoms with Gasteiger partial charge in [0, 0.05) is 45.4 Å². The van der Waals surface area contributed by atoms with Crippen molar-refractivity contribution >= 4 is 5.96 Å². The first kappa shape index (κ1) is 19.4. The summed E-state index contributed by atoms with van der Waals surface area (Å²) in [5, 5.41) is 6.87. The minimum absolute atomic E-state index is 0.361. The molecule has 27 heavy (non-hydrogen) atoms. The number of methoxy groups -OCH3 is 1. The number of nitrogens with one attached hydrogen (secondary N) is 2. The number of guanidine groups is 1. The standard InChI is InChI=1S/C20H30N6O/c1-3-22-19(25-15-20(7-4-8-20)9-12-27-2)24-14-17-5-6-18(23-13-17)26-11-10-21-16-26/h5-6,10-11,13,16H,3-4,7-9,12,14-15H2,1-2H3,(H2,22,24,25). The van der Waals surface area contributed by atoms with Crippen LogP contribution in [0.4, 0.5) is 0 Å². The second-order valence-corrected chi connectivity index (χ2v) is 7.14. The van der Waals surface area contributed by atoms with Gasteiger partial charge in [0.25, 0.3) is 0 Å². The second-order valence-electron chi connectivity index (χ2n) is 7.14. The maximum Gasteiger partial charge on any atom is 0.191 e. The Morgan fingerprint density at radius 1 is 1.33 bits per heavy atom. The molecule has 0 bridgehead atoms. The highest BCUT2D eigenvalue weighted by Crippen LogP contribution is 2.43. The van der Waals surface area contributed by atoms with E-state index >= 15 is 0 Å². The van der Waals surface area contributed by atoms with Crippen LogP contribution in [0.1, 0.15) is 38.2 Å². The number of nitrogens with zero attached hydrogens (tertiary/aromatic N) is 4. The van der Waals surface area contributed by atoms with Gasteiger partial charge in [0.2, 0.25) is 0 Å². The molecule has 7 heteroatoms. The van der Waals surface area contributed by atoms with E-state index in [2.05, 4.69) is 33.6 Å². The average Bonchev–Trinajstić information content (AvgIpc) is 3.20. The van der Waals surface area contributed by atoms with Crippen molar-refractivity contribution in [3.8, 4) is 5.82 Å². The quantitative estimate of drug-likeness (QED) is 0.524. The van der Waals surface area contributed by atoms with E-state index in [-0.39, 0.29) is 0 Å². The fraction of sp³-hybridized carbons (Fsp3) is 0.550. The normalized spacial score (nSPS) is 16.0. The number of ether oxygens (including phenoxy) is 1. The summed E-state index contributed by atoms with van der Waals surface area (Å²) in [4.78, 5) is 13.3. The SMILES string of the molecule is CCNC(=NCc1ccc(-n2ccnc2)nc1)NCC1(CCOC)CCC1. The van der Waals surface area contributed by atoms with Crippen molar-refractivity contribution in [2.24, 2.45) is 10.4 Å². The van der Waals surface area contributed by atoms with E-state index in [1.807, 2.05) is 23.0 Å². The fourth-order valence-corrected chi connectivity index (χ4v) is 3.35. The molecule has 2 N–H and O–H groups in total. The topological polar surface area (TPSA) is 76.4 Å². The number of hydrogen-bond donors (Lipinski definition) is 2. The van der Waals surface area contributed by atoms with Crippen LogP contribution in [-0.2, 0) is 11.3 Å². The molecular formula is C20H30N6O. The van der Waals surface area contributed by atoms with Crippen molar-refractivity contribution in [3.63, 3.8) is 0 Å². The Balaban J connectivity index is 1.56. The van der Waals surface area contributed by atoms with Gasteiger partial charge in [-0.1, -0.05) is 12.5 Å². The summed E-state index contributed by atoms with van der Waals surface area (Å²) in [7, 11) is 1.78. The van der Waals surface area contributed by atoms with Crippen molar-refractivity contribution in [2.75, 3.05) is 26.8 Å². The van der Waals surface area contributed by atoms with Gasteiger partial charge >= 0.3 is 0 Å². The van der Waals surface area contributed by atoms with Gasteiger partial charge in [-0.25, -0.2) is 15.0 Å². The molecular weight excluding hydrogens is 340 g/mol. The Morgan fingerprint density at radius 2 is 2.22 bits per heavy atom. The molecule has 0 aromatic carbocycles. The second kappa shape index (κ2) is 9.50. The molecule has 0 spiro atoms. The number of aliphatic imine (C=N–C) groups is 1. The van der Waals surface area contributed by atoms with Gasteiger partial charge in [0.05, 0.1) is 6.54 Å². The highest BCUT2D eigenvalue weighted by Gasteiger charge is 2.36. The van der Waals surface area contributed by atoms with Crippen molar-refractivity contribution in [1.29, 1.82) is 0 Å². The van der Waals surface area contributed by atoms with Gasteiger partial charge in [-0.2, -0.15) is 0 Å². The summed E-state index contributed by atoms with van der Waals surface area (Å²) in [6, 6.07) is 4.04. The molecule has 1 aliphatic carbocycles. The molecule has 0 aliphatic heterocycles. The van der Waals surface area contributed by atoms with Gasteiger partial charge in [-0.05, 0) is 43.2 Å². The van der Waals surface area contributed by atoms with Gasteiger partial charge in [0.15, 0.2) is 5.96 Å². The molecule has 146 valence electrons. The van der Waals surface area contributed by atoms with Gasteiger partial charge in [-0.3, -0.25) is 4.57 Å². The van der Waals surface area contributed by atoms with Crippen molar-refractivity contribution < 1.29 is 4.74 Å². The Labute approximate surface area is 161 Å². The van der Waals surface area contributed by atoms with Crippen molar-refractivity contribution in [2.45, 2.75) is 39.2 Å². The van der Waals surface area contributed by atoms with E-state index in [9.17, 15) is 0 Å². The lowest BCUT2D eigenvalue weighted by Crippen LogP contribution is -2.46. The summed E-state index contributed by atoms with van der Waals surface area (Å²) in [6.07, 6.45) is 12.2. The smallest absolute Gasteiger partial charge is 0.191 e. The zero-order valence-electron chi connectivity index (χ0n) is 16.3. The minimum atomic E-state index is 0.361. The Kier molecular flexibility index (Phi) is 6.81. The first-order valence-corrected chi connectivity index (χ1v) is 9.69. The largest absolute Gasteiger partial charge is 0.385 e. The molecule has 3 rings (SSSR count). The van der Waals surface area contributed by atoms with Crippen LogP contribution in [0.5, 0.6) is 0 Å². The lowest BCUT2D eigenvalue weighted by Gasteiger charge is -2.42. The van der Waals surface area contributed by atoms with Crippen LogP contribution in [-0.4, -0.2) is 47.3 Å². The highest BCUT2D eigenvalue weighted by atomic mass is 16.5. The molecule has 1 saturated carbocycles. The molecule has 2 aromatic rings. The molecule has 0 radical (unpaired) electrons. The van der Waals surface area contributed by atoms with Gasteiger partial charge in [-0.15, -0.1) is 0 Å². The van der Waals surface area contributed by atoms with E-state index < -0.39 is 0 Å². The van der Waals surface area contributed by atoms with Crippen LogP contribution >= 0.6 is 0 Å². The maximum atomic E-state index is 5.28. The Morgan fingerprint density at radius 3 is 2.81 bits per heavy atom. The number of aromatic nitrogens is 3. The van der Waals surface area contributed by atoms with Gasteiger partial charge < -0.3 is 15.4 Å². The molecule has 1 fully saturated rings. The molecule has 0 saturated heterocycles. The minimum Gasteiger partial charge on any atom is -0.385 e. The van der Waals surface area contributed by atoms with E-state index in [4.69, 9.17) is 9.73 Å². The summed E-state index contributed by atoms with van der Waals surface area (Å²) < 4.78 is 7.17. The molecule has 2 heterocycles. The third kappa shape index (κ3) is 5.29. The van der Waals surface area contributed by atoms with Crippen LogP contribution in [0.25, 0.3) is 5.82 Å². The Hall–Kier alpha value is -2.41. The number of rotatable bonds is 9. The van der Waals surface area contributed by atoms with E-state index in [1.54, 1.807) is 19.6 Å².